The van der Waals surface area contributed by atoms with E-state index in [1.54, 1.807) is 6.20 Å². The first-order chi connectivity index (χ1) is 15.1. The number of amides is 1. The van der Waals surface area contributed by atoms with Crippen LogP contribution in [-0.2, 0) is 4.79 Å². The fourth-order valence-electron chi connectivity index (χ4n) is 5.06. The maximum absolute atomic E-state index is 12.5. The summed E-state index contributed by atoms with van der Waals surface area (Å²) in [5.74, 6) is 8.32. The summed E-state index contributed by atoms with van der Waals surface area (Å²) in [6, 6.07) is 10.7. The van der Waals surface area contributed by atoms with Gasteiger partial charge in [0.25, 0.3) is 5.84 Å². The second kappa shape index (κ2) is 7.00. The molecule has 0 spiro atoms. The summed E-state index contributed by atoms with van der Waals surface area (Å²) in [6.45, 7) is 0. The minimum atomic E-state index is 0.0355. The smallest absolute Gasteiger partial charge is 0.281 e. The predicted molar refractivity (Wildman–Crippen MR) is 121 cm³/mol. The van der Waals surface area contributed by atoms with Gasteiger partial charge in [-0.3, -0.25) is 9.79 Å². The van der Waals surface area contributed by atoms with E-state index >= 15 is 0 Å². The van der Waals surface area contributed by atoms with Crippen molar-refractivity contribution in [3.8, 4) is 0 Å². The van der Waals surface area contributed by atoms with Crippen molar-refractivity contribution in [1.82, 2.24) is 10.3 Å². The zero-order valence-electron chi connectivity index (χ0n) is 17.4. The SMILES string of the molecule is N[N+]12C=CN=CC1=C(C1CCC(C(=O)NC3CC3)CC1)N=C2c1cc2ccccc2[nH]1. The van der Waals surface area contributed by atoms with E-state index in [1.807, 2.05) is 24.5 Å². The van der Waals surface area contributed by atoms with Crippen LogP contribution >= 0.6 is 0 Å². The van der Waals surface area contributed by atoms with E-state index in [1.165, 1.54) is 0 Å². The number of carbonyl (C=O) groups excluding carboxylic acids is 1. The van der Waals surface area contributed by atoms with Crippen LogP contribution in [0.4, 0.5) is 0 Å². The van der Waals surface area contributed by atoms with Crippen LogP contribution in [-0.4, -0.2) is 33.6 Å². The molecule has 2 aliphatic heterocycles. The van der Waals surface area contributed by atoms with Gasteiger partial charge >= 0.3 is 0 Å². The van der Waals surface area contributed by atoms with E-state index in [0.29, 0.717) is 12.0 Å². The predicted octanol–water partition coefficient (Wildman–Crippen LogP) is 3.47. The van der Waals surface area contributed by atoms with Crippen LogP contribution in [0.1, 0.15) is 44.2 Å². The summed E-state index contributed by atoms with van der Waals surface area (Å²) in [6.07, 6.45) is 11.4. The third-order valence-electron chi connectivity index (χ3n) is 7.00. The maximum Gasteiger partial charge on any atom is 0.281 e. The van der Waals surface area contributed by atoms with Crippen molar-refractivity contribution in [3.63, 3.8) is 0 Å². The number of nitrogens with two attached hydrogens (primary N) is 1. The molecule has 158 valence electrons. The molecular formula is C24H27N6O+. The highest BCUT2D eigenvalue weighted by molar-refractivity contribution is 6.02. The molecule has 0 radical (unpaired) electrons. The third-order valence-corrected chi connectivity index (χ3v) is 7.00. The molecule has 0 saturated heterocycles. The molecular weight excluding hydrogens is 388 g/mol. The van der Waals surface area contributed by atoms with Gasteiger partial charge in [-0.15, -0.1) is 4.59 Å². The third kappa shape index (κ3) is 3.16. The minimum Gasteiger partial charge on any atom is -0.353 e. The second-order valence-electron chi connectivity index (χ2n) is 9.16. The Morgan fingerprint density at radius 2 is 1.94 bits per heavy atom. The van der Waals surface area contributed by atoms with Gasteiger partial charge in [-0.1, -0.05) is 18.2 Å². The van der Waals surface area contributed by atoms with Gasteiger partial charge in [0.2, 0.25) is 11.6 Å². The summed E-state index contributed by atoms with van der Waals surface area (Å²) in [5, 5.41) is 4.30. The lowest BCUT2D eigenvalue weighted by atomic mass is 9.79. The van der Waals surface area contributed by atoms with Gasteiger partial charge in [0.1, 0.15) is 17.6 Å². The molecule has 31 heavy (non-hydrogen) atoms. The topological polar surface area (TPSA) is 95.6 Å². The first-order valence-corrected chi connectivity index (χ1v) is 11.2. The highest BCUT2D eigenvalue weighted by atomic mass is 16.2. The van der Waals surface area contributed by atoms with Gasteiger partial charge in [0, 0.05) is 28.8 Å². The molecule has 1 amide bonds. The molecule has 2 saturated carbocycles. The highest BCUT2D eigenvalue weighted by Crippen LogP contribution is 2.41. The average molecular weight is 416 g/mol. The number of aromatic amines is 1. The van der Waals surface area contributed by atoms with Crippen LogP contribution in [0.25, 0.3) is 10.9 Å². The summed E-state index contributed by atoms with van der Waals surface area (Å²) < 4.78 is 0.0355. The normalized spacial score (nSPS) is 29.9. The maximum atomic E-state index is 12.5. The Kier molecular flexibility index (Phi) is 4.23. The van der Waals surface area contributed by atoms with Gasteiger partial charge in [-0.25, -0.2) is 0 Å². The molecule has 4 N–H and O–H groups in total. The van der Waals surface area contributed by atoms with Crippen molar-refractivity contribution in [2.75, 3.05) is 0 Å². The van der Waals surface area contributed by atoms with E-state index in [4.69, 9.17) is 10.8 Å². The molecule has 1 aromatic heterocycles. The van der Waals surface area contributed by atoms with Crippen LogP contribution in [0.2, 0.25) is 0 Å². The lowest BCUT2D eigenvalue weighted by Crippen LogP contribution is -2.53. The molecule has 6 rings (SSSR count). The Bertz CT molecular complexity index is 1140. The number of H-pyrrole nitrogens is 1. The zero-order chi connectivity index (χ0) is 21.0. The summed E-state index contributed by atoms with van der Waals surface area (Å²) >= 11 is 0. The van der Waals surface area contributed by atoms with Crippen molar-refractivity contribution >= 4 is 28.9 Å². The minimum absolute atomic E-state index is 0.0355. The number of allylic oxidation sites excluding steroid dienone is 2. The Morgan fingerprint density at radius 3 is 2.71 bits per heavy atom. The monoisotopic (exact) mass is 415 g/mol. The molecule has 2 aliphatic carbocycles. The Hall–Kier alpha value is -3.03. The fraction of sp³-hybridized carbons (Fsp3) is 0.375. The van der Waals surface area contributed by atoms with E-state index < -0.39 is 0 Å². The fourth-order valence-corrected chi connectivity index (χ4v) is 5.06. The standard InChI is InChI=1S/C24H26N6O/c25-30-12-11-26-14-21(30)22(15-5-7-16(8-6-15)24(31)27-18-9-10-18)29-23(30)20-13-17-3-1-2-4-19(17)28-20/h1-4,11-16,18H,5-10,25H2,(H-,26,27,28,29,31)/p+1. The number of aromatic nitrogens is 1. The first-order valence-electron chi connectivity index (χ1n) is 11.2. The van der Waals surface area contributed by atoms with Crippen LogP contribution in [0, 0.1) is 11.8 Å². The lowest BCUT2D eigenvalue weighted by molar-refractivity contribution is -0.750. The molecule has 1 atom stereocenters. The molecule has 7 nitrogen and oxygen atoms in total. The van der Waals surface area contributed by atoms with E-state index in [9.17, 15) is 4.79 Å². The summed E-state index contributed by atoms with van der Waals surface area (Å²) in [5.41, 5.74) is 3.94. The van der Waals surface area contributed by atoms with Gasteiger partial charge in [0.05, 0.1) is 12.4 Å². The van der Waals surface area contributed by atoms with Crippen molar-refractivity contribution < 1.29 is 9.39 Å². The molecule has 2 aromatic rings. The van der Waals surface area contributed by atoms with Crippen LogP contribution in [0.15, 0.2) is 64.1 Å². The lowest BCUT2D eigenvalue weighted by Gasteiger charge is -2.29. The van der Waals surface area contributed by atoms with Crippen LogP contribution in [0.3, 0.4) is 0 Å². The van der Waals surface area contributed by atoms with Crippen molar-refractivity contribution in [3.05, 3.63) is 59.8 Å². The number of para-hydroxylation sites is 1. The number of fused-ring (bicyclic) bond motifs is 2. The van der Waals surface area contributed by atoms with Crippen molar-refractivity contribution in [2.45, 2.75) is 44.6 Å². The van der Waals surface area contributed by atoms with Crippen molar-refractivity contribution in [2.24, 2.45) is 27.7 Å². The van der Waals surface area contributed by atoms with Crippen molar-refractivity contribution in [1.29, 1.82) is 0 Å². The quantitative estimate of drug-likeness (QED) is 0.527. The largest absolute Gasteiger partial charge is 0.353 e. The number of carbonyl (C=O) groups is 1. The van der Waals surface area contributed by atoms with E-state index in [0.717, 1.165) is 72.4 Å². The zero-order valence-corrected chi connectivity index (χ0v) is 17.4. The average Bonchev–Trinajstić information content (AvgIpc) is 3.40. The number of amidine groups is 1. The molecule has 1 unspecified atom stereocenters. The molecule has 1 aromatic carbocycles. The van der Waals surface area contributed by atoms with Crippen LogP contribution < -0.4 is 11.2 Å². The Labute approximate surface area is 181 Å². The molecule has 3 heterocycles. The number of nitrogens with one attached hydrogen (secondary N) is 2. The number of hydrogen-bond donors (Lipinski definition) is 3. The summed E-state index contributed by atoms with van der Waals surface area (Å²) in [7, 11) is 0. The number of rotatable bonds is 4. The number of nitrogens with zero attached hydrogens (tertiary/aromatic N) is 3. The molecule has 7 heteroatoms. The first kappa shape index (κ1) is 18.7. The Balaban J connectivity index is 1.29. The van der Waals surface area contributed by atoms with Gasteiger partial charge in [-0.2, -0.15) is 10.8 Å². The molecule has 4 aliphatic rings. The van der Waals surface area contributed by atoms with Gasteiger partial charge in [0.15, 0.2) is 0 Å². The Morgan fingerprint density at radius 1 is 1.13 bits per heavy atom. The molecule has 2 fully saturated rings. The summed E-state index contributed by atoms with van der Waals surface area (Å²) in [4.78, 5) is 25.4. The highest BCUT2D eigenvalue weighted by Gasteiger charge is 2.47. The van der Waals surface area contributed by atoms with Gasteiger partial charge < -0.3 is 10.3 Å². The second-order valence-corrected chi connectivity index (χ2v) is 9.16. The number of aliphatic imine (C=N–C) groups is 2. The number of hydrogen-bond acceptors (Lipinski definition) is 4. The number of quaternary nitrogens is 1. The van der Waals surface area contributed by atoms with E-state index in [2.05, 4.69) is 33.5 Å². The van der Waals surface area contributed by atoms with E-state index in [-0.39, 0.29) is 16.4 Å². The van der Waals surface area contributed by atoms with Crippen LogP contribution in [0.5, 0.6) is 0 Å². The number of benzene rings is 1. The van der Waals surface area contributed by atoms with Gasteiger partial charge in [-0.05, 0) is 50.7 Å². The molecule has 0 bridgehead atoms.